The fourth-order valence-corrected chi connectivity index (χ4v) is 2.47. The number of hydrogen-bond donors (Lipinski definition) is 5. The third-order valence-electron chi connectivity index (χ3n) is 3.13. The van der Waals surface area contributed by atoms with Crippen molar-refractivity contribution in [3.05, 3.63) is 32.6 Å². The lowest BCUT2D eigenvalue weighted by Crippen LogP contribution is -2.39. The first-order valence-corrected chi connectivity index (χ1v) is 7.70. The first-order valence-electron chi connectivity index (χ1n) is 6.17. The number of hydrogen-bond acceptors (Lipinski definition) is 8. The number of aromatic nitrogens is 2. The lowest BCUT2D eigenvalue weighted by Gasteiger charge is -2.18. The van der Waals surface area contributed by atoms with Gasteiger partial charge in [-0.3, -0.25) is 23.7 Å². The molecule has 1 aliphatic rings. The summed E-state index contributed by atoms with van der Waals surface area (Å²) in [6, 6.07) is 0.788. The maximum absolute atomic E-state index is 11.8. The molecule has 1 fully saturated rings. The summed E-state index contributed by atoms with van der Waals surface area (Å²) in [7, 11) is -4.83. The molecule has 5 N–H and O–H groups in total. The van der Waals surface area contributed by atoms with Gasteiger partial charge in [-0.25, -0.2) is 9.36 Å². The minimum Gasteiger partial charge on any atom is -0.387 e. The molecule has 0 radical (unpaired) electrons. The minimum atomic E-state index is -4.83. The highest BCUT2D eigenvalue weighted by atomic mass is 31.2. The van der Waals surface area contributed by atoms with E-state index in [-0.39, 0.29) is 6.29 Å². The van der Waals surface area contributed by atoms with E-state index in [4.69, 9.17) is 14.5 Å². The normalized spacial score (nSPS) is 28.0. The summed E-state index contributed by atoms with van der Waals surface area (Å²) >= 11 is 0. The Balaban J connectivity index is 2.32. The first kappa shape index (κ1) is 17.7. The van der Waals surface area contributed by atoms with Crippen LogP contribution in [0.15, 0.2) is 15.7 Å². The van der Waals surface area contributed by atoms with Crippen LogP contribution in [0, 0.1) is 0 Å². The highest BCUT2D eigenvalue weighted by Gasteiger charge is 2.45. The van der Waals surface area contributed by atoms with Gasteiger partial charge >= 0.3 is 13.5 Å². The number of aliphatic hydroxyl groups is 2. The van der Waals surface area contributed by atoms with Crippen molar-refractivity contribution in [2.75, 3.05) is 6.61 Å². The van der Waals surface area contributed by atoms with Crippen molar-refractivity contribution in [1.82, 2.24) is 9.55 Å². The molecule has 0 amide bonds. The van der Waals surface area contributed by atoms with Crippen LogP contribution in [0.4, 0.5) is 0 Å². The van der Waals surface area contributed by atoms with Gasteiger partial charge in [0.05, 0.1) is 12.3 Å². The lowest BCUT2D eigenvalue weighted by molar-refractivity contribution is -0.0548. The van der Waals surface area contributed by atoms with Crippen molar-refractivity contribution in [2.45, 2.75) is 24.5 Å². The van der Waals surface area contributed by atoms with Gasteiger partial charge in [0.15, 0.2) is 12.5 Å². The number of aliphatic hydroxyl groups excluding tert-OH is 2. The van der Waals surface area contributed by atoms with Gasteiger partial charge in [0.1, 0.15) is 18.3 Å². The number of ether oxygens (including phenoxy) is 1. The zero-order chi connectivity index (χ0) is 17.4. The van der Waals surface area contributed by atoms with Crippen LogP contribution in [0.3, 0.4) is 0 Å². The maximum atomic E-state index is 11.8. The summed E-state index contributed by atoms with van der Waals surface area (Å²) in [5.74, 6) is 0. The third-order valence-corrected chi connectivity index (χ3v) is 3.61. The lowest BCUT2D eigenvalue weighted by atomic mass is 10.1. The Labute approximate surface area is 127 Å². The van der Waals surface area contributed by atoms with Crippen molar-refractivity contribution in [2.24, 2.45) is 0 Å². The fourth-order valence-electron chi connectivity index (χ4n) is 2.13. The smallest absolute Gasteiger partial charge is 0.387 e. The molecule has 13 heteroatoms. The molecule has 0 saturated carbocycles. The van der Waals surface area contributed by atoms with Gasteiger partial charge in [-0.2, -0.15) is 0 Å². The Kier molecular flexibility index (Phi) is 4.96. The Morgan fingerprint density at radius 2 is 2.00 bits per heavy atom. The molecule has 1 aromatic heterocycles. The summed E-state index contributed by atoms with van der Waals surface area (Å²) < 4.78 is 20.6. The number of aromatic amines is 1. The van der Waals surface area contributed by atoms with Gasteiger partial charge in [-0.05, 0) is 0 Å². The van der Waals surface area contributed by atoms with E-state index in [2.05, 4.69) is 4.52 Å². The molecule has 1 aliphatic heterocycles. The SMILES string of the molecule is O=Cc1cc(=O)[nH]c(=O)n1[C@@H]1O[C@H](COP(=O)(O)O)[C@@H](O)[C@H]1O. The number of phosphoric acid groups is 1. The first-order chi connectivity index (χ1) is 10.6. The molecule has 0 bridgehead atoms. The second kappa shape index (κ2) is 6.45. The molecule has 1 saturated heterocycles. The summed E-state index contributed by atoms with van der Waals surface area (Å²) in [6.45, 7) is -0.770. The number of nitrogens with one attached hydrogen (secondary N) is 1. The predicted molar refractivity (Wildman–Crippen MR) is 70.6 cm³/mol. The van der Waals surface area contributed by atoms with Crippen LogP contribution in [0.25, 0.3) is 0 Å². The van der Waals surface area contributed by atoms with Crippen molar-refractivity contribution >= 4 is 14.1 Å². The molecule has 0 aromatic carbocycles. The molecule has 4 atom stereocenters. The monoisotopic (exact) mass is 352 g/mol. The van der Waals surface area contributed by atoms with Gasteiger partial charge in [0, 0.05) is 6.07 Å². The number of rotatable bonds is 5. The minimum absolute atomic E-state index is 0.179. The van der Waals surface area contributed by atoms with E-state index in [1.807, 2.05) is 4.98 Å². The quantitative estimate of drug-likeness (QED) is 0.271. The fraction of sp³-hybridized carbons (Fsp3) is 0.500. The highest BCUT2D eigenvalue weighted by molar-refractivity contribution is 7.46. The topological polar surface area (TPSA) is 188 Å². The Morgan fingerprint density at radius 1 is 1.35 bits per heavy atom. The molecule has 2 heterocycles. The molecule has 23 heavy (non-hydrogen) atoms. The van der Waals surface area contributed by atoms with Crippen LogP contribution in [-0.4, -0.2) is 60.8 Å². The van der Waals surface area contributed by atoms with Crippen LogP contribution >= 0.6 is 7.82 Å². The van der Waals surface area contributed by atoms with Gasteiger partial charge < -0.3 is 24.7 Å². The molecule has 0 spiro atoms. The van der Waals surface area contributed by atoms with E-state index in [0.29, 0.717) is 4.57 Å². The van der Waals surface area contributed by atoms with E-state index in [1.54, 1.807) is 0 Å². The van der Waals surface area contributed by atoms with Crippen LogP contribution in [0.1, 0.15) is 16.7 Å². The van der Waals surface area contributed by atoms with Gasteiger partial charge in [-0.15, -0.1) is 0 Å². The van der Waals surface area contributed by atoms with Crippen LogP contribution in [0.5, 0.6) is 0 Å². The molecule has 0 unspecified atom stereocenters. The number of carbonyl (C=O) groups is 1. The molecule has 2 rings (SSSR count). The largest absolute Gasteiger partial charge is 0.469 e. The Morgan fingerprint density at radius 3 is 2.57 bits per heavy atom. The average molecular weight is 352 g/mol. The molecule has 1 aromatic rings. The van der Waals surface area contributed by atoms with Crippen molar-refractivity contribution in [1.29, 1.82) is 0 Å². The van der Waals surface area contributed by atoms with Crippen molar-refractivity contribution < 1.29 is 38.6 Å². The van der Waals surface area contributed by atoms with Gasteiger partial charge in [0.2, 0.25) is 0 Å². The second-order valence-electron chi connectivity index (χ2n) is 4.68. The van der Waals surface area contributed by atoms with Crippen molar-refractivity contribution in [3.8, 4) is 0 Å². The van der Waals surface area contributed by atoms with Crippen LogP contribution < -0.4 is 11.2 Å². The Hall–Kier alpha value is -1.66. The molecular formula is C10H13N2O10P. The van der Waals surface area contributed by atoms with Crippen LogP contribution in [-0.2, 0) is 13.8 Å². The zero-order valence-corrected chi connectivity index (χ0v) is 12.2. The number of nitrogens with zero attached hydrogens (tertiary/aromatic N) is 1. The summed E-state index contributed by atoms with van der Waals surface area (Å²) in [5.41, 5.74) is -2.32. The number of H-pyrrole nitrogens is 1. The average Bonchev–Trinajstić information content (AvgIpc) is 2.71. The molecule has 12 nitrogen and oxygen atoms in total. The van der Waals surface area contributed by atoms with Crippen molar-refractivity contribution in [3.63, 3.8) is 0 Å². The van der Waals surface area contributed by atoms with Gasteiger partial charge in [0.25, 0.3) is 5.56 Å². The number of carbonyl (C=O) groups excluding carboxylic acids is 1. The summed E-state index contributed by atoms with van der Waals surface area (Å²) in [5, 5.41) is 19.7. The summed E-state index contributed by atoms with van der Waals surface area (Å²) in [4.78, 5) is 53.0. The van der Waals surface area contributed by atoms with E-state index < -0.39 is 55.9 Å². The second-order valence-corrected chi connectivity index (χ2v) is 5.92. The Bertz CT molecular complexity index is 751. The number of phosphoric ester groups is 1. The number of aldehydes is 1. The summed E-state index contributed by atoms with van der Waals surface area (Å²) in [6.07, 6.45) is -6.10. The third kappa shape index (κ3) is 3.82. The molecule has 128 valence electrons. The molecular weight excluding hydrogens is 339 g/mol. The van der Waals surface area contributed by atoms with E-state index in [1.165, 1.54) is 0 Å². The van der Waals surface area contributed by atoms with E-state index >= 15 is 0 Å². The highest BCUT2D eigenvalue weighted by Crippen LogP contribution is 2.38. The van der Waals surface area contributed by atoms with Gasteiger partial charge in [-0.1, -0.05) is 0 Å². The van der Waals surface area contributed by atoms with E-state index in [0.717, 1.165) is 6.07 Å². The van der Waals surface area contributed by atoms with Crippen LogP contribution in [0.2, 0.25) is 0 Å². The predicted octanol–water partition coefficient (Wildman–Crippen LogP) is -2.92. The maximum Gasteiger partial charge on any atom is 0.469 e. The standard InChI is InChI=1S/C10H13N2O10P/c13-2-4-1-6(14)11-10(17)12(4)9-8(16)7(15)5(22-9)3-21-23(18,19)20/h1-2,5,7-9,15-16H,3H2,(H,11,14,17)(H2,18,19,20)/t5-,7-,8-,9-/m1/s1. The van der Waals surface area contributed by atoms with E-state index in [9.17, 15) is 29.2 Å². The zero-order valence-electron chi connectivity index (χ0n) is 11.3. The molecule has 0 aliphatic carbocycles.